The third kappa shape index (κ3) is 2.64. The van der Waals surface area contributed by atoms with E-state index in [0.717, 1.165) is 0 Å². The van der Waals surface area contributed by atoms with Crippen molar-refractivity contribution in [3.05, 3.63) is 53.6 Å². The first-order valence-electron chi connectivity index (χ1n) is 8.82. The predicted molar refractivity (Wildman–Crippen MR) is 102 cm³/mol. The first-order chi connectivity index (χ1) is 11.2. The summed E-state index contributed by atoms with van der Waals surface area (Å²) >= 11 is 0. The third-order valence-electron chi connectivity index (χ3n) is 4.85. The minimum atomic E-state index is 0.0104. The van der Waals surface area contributed by atoms with Crippen LogP contribution < -0.4 is 4.57 Å². The van der Waals surface area contributed by atoms with Gasteiger partial charge in [0.25, 0.3) is 5.82 Å². The summed E-state index contributed by atoms with van der Waals surface area (Å²) in [5.74, 6) is 1.81. The van der Waals surface area contributed by atoms with Crippen LogP contribution in [0.15, 0.2) is 42.5 Å². The Morgan fingerprint density at radius 2 is 1.67 bits per heavy atom. The predicted octanol–water partition coefficient (Wildman–Crippen LogP) is 5.32. The van der Waals surface area contributed by atoms with E-state index in [0.29, 0.717) is 5.92 Å². The van der Waals surface area contributed by atoms with E-state index in [9.17, 15) is 0 Å². The second-order valence-electron chi connectivity index (χ2n) is 8.11. The van der Waals surface area contributed by atoms with Crippen molar-refractivity contribution in [1.82, 2.24) is 4.57 Å². The van der Waals surface area contributed by atoms with E-state index < -0.39 is 0 Å². The summed E-state index contributed by atoms with van der Waals surface area (Å²) in [4.78, 5) is 0. The Hall–Kier alpha value is -2.09. The van der Waals surface area contributed by atoms with Crippen molar-refractivity contribution in [2.75, 3.05) is 0 Å². The first-order valence-corrected chi connectivity index (χ1v) is 8.82. The van der Waals surface area contributed by atoms with Crippen LogP contribution in [0.4, 0.5) is 0 Å². The molecule has 126 valence electrons. The highest BCUT2D eigenvalue weighted by Gasteiger charge is 2.32. The Morgan fingerprint density at radius 3 is 2.25 bits per heavy atom. The molecular weight excluding hydrogens is 292 g/mol. The van der Waals surface area contributed by atoms with E-state index in [2.05, 4.69) is 100 Å². The van der Waals surface area contributed by atoms with Gasteiger partial charge >= 0.3 is 0 Å². The monoisotopic (exact) mass is 321 g/mol. The molecule has 1 heterocycles. The fourth-order valence-electron chi connectivity index (χ4n) is 3.54. The second-order valence-corrected chi connectivity index (χ2v) is 8.11. The van der Waals surface area contributed by atoms with E-state index in [4.69, 9.17) is 0 Å². The molecule has 0 N–H and O–H groups in total. The van der Waals surface area contributed by atoms with E-state index in [-0.39, 0.29) is 5.54 Å². The molecule has 0 aliphatic carbocycles. The Labute approximate surface area is 145 Å². The molecule has 3 aromatic rings. The highest BCUT2D eigenvalue weighted by atomic mass is 15.2. The Bertz CT molecular complexity index is 892. The van der Waals surface area contributed by atoms with E-state index in [1.165, 1.54) is 33.5 Å². The molecule has 0 bridgehead atoms. The largest absolute Gasteiger partial charge is 0.290 e. The molecule has 24 heavy (non-hydrogen) atoms. The lowest BCUT2D eigenvalue weighted by molar-refractivity contribution is -0.721. The van der Waals surface area contributed by atoms with Gasteiger partial charge in [-0.3, -0.25) is 0 Å². The number of imidazole rings is 1. The second kappa shape index (κ2) is 5.77. The van der Waals surface area contributed by atoms with Gasteiger partial charge in [0.2, 0.25) is 0 Å². The molecule has 0 radical (unpaired) electrons. The van der Waals surface area contributed by atoms with E-state index in [1.807, 2.05) is 0 Å². The highest BCUT2D eigenvalue weighted by molar-refractivity contribution is 5.77. The van der Waals surface area contributed by atoms with Gasteiger partial charge in [0.15, 0.2) is 11.0 Å². The molecule has 2 heteroatoms. The van der Waals surface area contributed by atoms with Gasteiger partial charge in [0.05, 0.1) is 12.6 Å². The lowest BCUT2D eigenvalue weighted by Crippen LogP contribution is -2.51. The Kier molecular flexibility index (Phi) is 4.03. The zero-order valence-corrected chi connectivity index (χ0v) is 16.0. The molecule has 1 aromatic heterocycles. The quantitative estimate of drug-likeness (QED) is 0.565. The van der Waals surface area contributed by atoms with Crippen LogP contribution in [-0.4, -0.2) is 4.57 Å². The Morgan fingerprint density at radius 1 is 1.00 bits per heavy atom. The number of nitrogens with zero attached hydrogens (tertiary/aromatic N) is 2. The van der Waals surface area contributed by atoms with Crippen LogP contribution in [0.5, 0.6) is 0 Å². The maximum absolute atomic E-state index is 2.48. The van der Waals surface area contributed by atoms with Crippen molar-refractivity contribution in [3.8, 4) is 11.4 Å². The van der Waals surface area contributed by atoms with E-state index >= 15 is 0 Å². The highest BCUT2D eigenvalue weighted by Crippen LogP contribution is 2.29. The maximum atomic E-state index is 2.48. The standard InChI is InChI=1S/C22H29N2/c1-15(2)17-12-13-19-20(14-17)23(7)21(24(19)22(4,5)6)18-11-9-8-10-16(18)3/h8-15H,1-7H3/q+1. The fourth-order valence-corrected chi connectivity index (χ4v) is 3.54. The van der Waals surface area contributed by atoms with Crippen molar-refractivity contribution >= 4 is 11.0 Å². The molecule has 2 nitrogen and oxygen atoms in total. The molecule has 0 spiro atoms. The molecule has 0 unspecified atom stereocenters. The number of benzene rings is 2. The van der Waals surface area contributed by atoms with Crippen molar-refractivity contribution in [3.63, 3.8) is 0 Å². The summed E-state index contributed by atoms with van der Waals surface area (Å²) in [6.07, 6.45) is 0. The van der Waals surface area contributed by atoms with Crippen LogP contribution in [0.1, 0.15) is 51.7 Å². The third-order valence-corrected chi connectivity index (χ3v) is 4.85. The van der Waals surface area contributed by atoms with Gasteiger partial charge in [0, 0.05) is 0 Å². The first kappa shape index (κ1) is 16.8. The molecule has 2 aromatic carbocycles. The van der Waals surface area contributed by atoms with Crippen LogP contribution in [0, 0.1) is 6.92 Å². The molecule has 0 saturated heterocycles. The average Bonchev–Trinajstić information content (AvgIpc) is 2.80. The molecule has 0 atom stereocenters. The van der Waals surface area contributed by atoms with Crippen molar-refractivity contribution < 1.29 is 4.57 Å². The fraction of sp³-hybridized carbons (Fsp3) is 0.409. The zero-order chi connectivity index (χ0) is 17.6. The molecule has 0 aliphatic rings. The van der Waals surface area contributed by atoms with Crippen molar-refractivity contribution in [2.24, 2.45) is 7.05 Å². The van der Waals surface area contributed by atoms with Crippen LogP contribution >= 0.6 is 0 Å². The number of hydrogen-bond acceptors (Lipinski definition) is 0. The van der Waals surface area contributed by atoms with Gasteiger partial charge in [-0.15, -0.1) is 0 Å². The lowest BCUT2D eigenvalue weighted by Gasteiger charge is -2.19. The normalized spacial score (nSPS) is 12.3. The number of aryl methyl sites for hydroxylation is 2. The van der Waals surface area contributed by atoms with Gasteiger partial charge in [-0.05, 0) is 62.9 Å². The SMILES string of the molecule is Cc1ccccc1-c1n(C)c2cc(C(C)C)ccc2[n+]1C(C)(C)C. The smallest absolute Gasteiger partial charge is 0.226 e. The summed E-state index contributed by atoms with van der Waals surface area (Å²) < 4.78 is 4.84. The molecule has 0 amide bonds. The Balaban J connectivity index is 2.44. The minimum absolute atomic E-state index is 0.0104. The number of rotatable bonds is 2. The zero-order valence-electron chi connectivity index (χ0n) is 16.0. The van der Waals surface area contributed by atoms with E-state index in [1.54, 1.807) is 0 Å². The number of fused-ring (bicyclic) bond motifs is 1. The average molecular weight is 321 g/mol. The molecule has 0 saturated carbocycles. The summed E-state index contributed by atoms with van der Waals surface area (Å²) in [6, 6.07) is 15.6. The van der Waals surface area contributed by atoms with Gasteiger partial charge < -0.3 is 0 Å². The number of aromatic nitrogens is 2. The van der Waals surface area contributed by atoms with Crippen molar-refractivity contribution in [2.45, 2.75) is 53.0 Å². The summed E-state index contributed by atoms with van der Waals surface area (Å²) in [6.45, 7) is 13.5. The summed E-state index contributed by atoms with van der Waals surface area (Å²) in [5, 5.41) is 0. The van der Waals surface area contributed by atoms with Crippen LogP contribution in [-0.2, 0) is 12.6 Å². The van der Waals surface area contributed by atoms with Gasteiger partial charge in [-0.25, -0.2) is 9.13 Å². The topological polar surface area (TPSA) is 8.81 Å². The van der Waals surface area contributed by atoms with Crippen LogP contribution in [0.25, 0.3) is 22.4 Å². The summed E-state index contributed by atoms with van der Waals surface area (Å²) in [5.41, 5.74) is 6.61. The van der Waals surface area contributed by atoms with Crippen LogP contribution in [0.3, 0.4) is 0 Å². The van der Waals surface area contributed by atoms with Gasteiger partial charge in [0.1, 0.15) is 5.54 Å². The number of hydrogen-bond donors (Lipinski definition) is 0. The maximum Gasteiger partial charge on any atom is 0.290 e. The minimum Gasteiger partial charge on any atom is -0.226 e. The lowest BCUT2D eigenvalue weighted by atomic mass is 10.0. The summed E-state index contributed by atoms with van der Waals surface area (Å²) in [7, 11) is 2.19. The molecule has 3 rings (SSSR count). The van der Waals surface area contributed by atoms with Crippen molar-refractivity contribution in [1.29, 1.82) is 0 Å². The molecule has 0 aliphatic heterocycles. The van der Waals surface area contributed by atoms with Gasteiger partial charge in [-0.1, -0.05) is 38.1 Å². The van der Waals surface area contributed by atoms with Crippen LogP contribution in [0.2, 0.25) is 0 Å². The molecule has 0 fully saturated rings. The molecular formula is C22H29N2+. The van der Waals surface area contributed by atoms with Gasteiger partial charge in [-0.2, -0.15) is 0 Å².